The van der Waals surface area contributed by atoms with Gasteiger partial charge in [-0.25, -0.2) is 9.37 Å². The van der Waals surface area contributed by atoms with Crippen LogP contribution in [0, 0.1) is 5.82 Å². The number of aliphatic hydroxyl groups excluding tert-OH is 1. The molecular formula is C38H44FN7O4. The number of aromatic nitrogens is 2. The number of anilines is 4. The molecule has 0 bridgehead atoms. The number of nitrogens with zero attached hydrogens (tertiary/aromatic N) is 5. The monoisotopic (exact) mass is 681 g/mol. The average molecular weight is 682 g/mol. The Bertz CT molecular complexity index is 1940. The lowest BCUT2D eigenvalue weighted by molar-refractivity contribution is -0.115. The first kappa shape index (κ1) is 32.7. The lowest BCUT2D eigenvalue weighted by Crippen LogP contribution is -2.60. The number of pyridine rings is 2. The summed E-state index contributed by atoms with van der Waals surface area (Å²) in [7, 11) is 1.63. The molecule has 2 aromatic heterocycles. The number of piperazine rings is 1. The highest BCUT2D eigenvalue weighted by Crippen LogP contribution is 2.41. The molecule has 3 aromatic rings. The Morgan fingerprint density at radius 2 is 2.00 bits per heavy atom. The summed E-state index contributed by atoms with van der Waals surface area (Å²) in [6, 6.07) is 9.26. The Labute approximate surface area is 291 Å². The van der Waals surface area contributed by atoms with E-state index in [1.807, 2.05) is 18.3 Å². The molecular weight excluding hydrogens is 637 g/mol. The molecule has 2 atom stereocenters. The lowest BCUT2D eigenvalue weighted by Gasteiger charge is -2.47. The van der Waals surface area contributed by atoms with Crippen LogP contribution in [-0.2, 0) is 23.2 Å². The summed E-state index contributed by atoms with van der Waals surface area (Å²) in [5.74, 6) is -0.250. The summed E-state index contributed by atoms with van der Waals surface area (Å²) in [6.07, 6.45) is 10.4. The van der Waals surface area contributed by atoms with Crippen molar-refractivity contribution in [2.24, 2.45) is 7.05 Å². The standard InChI is InChI=1S/C38H44FN7O4/c1-3-25-19-44(27-21-50-22-27)12-13-45(25)26-8-9-35(40-17-26)41-33-14-23(18-43(2)37(33)48)30-15-24(39)16-34(31(30)20-47)46-11-10-29-28-6-4-5-7-32(28)42-36(29)38(46)49/h6,8-9,14-18,25,27,32,42,47H,3-5,7,10-13,19-22H2,1-2H3,(H,40,41)/t25?,32-/m0/s1. The van der Waals surface area contributed by atoms with Crippen molar-refractivity contribution in [2.45, 2.75) is 63.8 Å². The second kappa shape index (κ2) is 13.3. The first-order chi connectivity index (χ1) is 24.3. The van der Waals surface area contributed by atoms with Crippen molar-refractivity contribution in [1.29, 1.82) is 0 Å². The highest BCUT2D eigenvalue weighted by atomic mass is 19.1. The molecule has 6 heterocycles. The van der Waals surface area contributed by atoms with Crippen LogP contribution in [0.1, 0.15) is 44.6 Å². The summed E-state index contributed by atoms with van der Waals surface area (Å²) in [4.78, 5) is 38.3. The number of carbonyl (C=O) groups excluding carboxylic acids is 1. The fraction of sp³-hybridized carbons (Fsp3) is 0.447. The van der Waals surface area contributed by atoms with E-state index in [2.05, 4.69) is 38.4 Å². The molecule has 8 rings (SSSR count). The van der Waals surface area contributed by atoms with Crippen LogP contribution in [0.3, 0.4) is 0 Å². The molecule has 4 aliphatic heterocycles. The maximum absolute atomic E-state index is 15.4. The fourth-order valence-electron chi connectivity index (χ4n) is 8.25. The van der Waals surface area contributed by atoms with Gasteiger partial charge in [0.1, 0.15) is 23.0 Å². The predicted octanol–water partition coefficient (Wildman–Crippen LogP) is 4.19. The molecule has 1 aromatic carbocycles. The van der Waals surface area contributed by atoms with Crippen molar-refractivity contribution in [3.05, 3.63) is 87.4 Å². The molecule has 11 nitrogen and oxygen atoms in total. The smallest absolute Gasteiger partial charge is 0.274 e. The number of aryl methyl sites for hydroxylation is 1. The van der Waals surface area contributed by atoms with Crippen LogP contribution in [0.5, 0.6) is 0 Å². The number of halogens is 1. The number of aliphatic hydroxyl groups is 1. The maximum atomic E-state index is 15.4. The molecule has 3 N–H and O–H groups in total. The van der Waals surface area contributed by atoms with E-state index in [1.54, 1.807) is 24.2 Å². The van der Waals surface area contributed by atoms with Crippen molar-refractivity contribution in [3.63, 3.8) is 0 Å². The van der Waals surface area contributed by atoms with Crippen molar-refractivity contribution in [2.75, 3.05) is 54.5 Å². The summed E-state index contributed by atoms with van der Waals surface area (Å²) in [5.41, 5.74) is 5.55. The Balaban J connectivity index is 1.05. The van der Waals surface area contributed by atoms with Crippen LogP contribution in [0.25, 0.3) is 11.1 Å². The Morgan fingerprint density at radius 3 is 2.74 bits per heavy atom. The number of hydrogen-bond donors (Lipinski definition) is 3. The number of nitrogens with one attached hydrogen (secondary N) is 2. The first-order valence-corrected chi connectivity index (χ1v) is 17.8. The molecule has 0 spiro atoms. The van der Waals surface area contributed by atoms with Gasteiger partial charge >= 0.3 is 0 Å². The molecule has 5 aliphatic rings. The van der Waals surface area contributed by atoms with Crippen molar-refractivity contribution in [3.8, 4) is 11.1 Å². The van der Waals surface area contributed by atoms with Gasteiger partial charge in [-0.2, -0.15) is 0 Å². The van der Waals surface area contributed by atoms with Crippen LogP contribution in [0.15, 0.2) is 70.4 Å². The van der Waals surface area contributed by atoms with Crippen LogP contribution in [-0.4, -0.2) is 83.0 Å². The highest BCUT2D eigenvalue weighted by molar-refractivity contribution is 6.09. The second-order valence-corrected chi connectivity index (χ2v) is 14.0. The van der Waals surface area contributed by atoms with Gasteiger partial charge in [-0.3, -0.25) is 14.5 Å². The van der Waals surface area contributed by atoms with Gasteiger partial charge in [-0.1, -0.05) is 13.0 Å². The average Bonchev–Trinajstić information content (AvgIpc) is 3.49. The van der Waals surface area contributed by atoms with Crippen LogP contribution in [0.4, 0.5) is 27.3 Å². The largest absolute Gasteiger partial charge is 0.392 e. The molecule has 1 unspecified atom stereocenters. The number of hydrogen-bond acceptors (Lipinski definition) is 9. The Morgan fingerprint density at radius 1 is 1.14 bits per heavy atom. The number of amides is 1. The second-order valence-electron chi connectivity index (χ2n) is 14.0. The molecule has 0 radical (unpaired) electrons. The van der Waals surface area contributed by atoms with Gasteiger partial charge in [0.05, 0.1) is 49.5 Å². The molecule has 0 saturated carbocycles. The molecule has 262 valence electrons. The van der Waals surface area contributed by atoms with Gasteiger partial charge < -0.3 is 34.8 Å². The minimum atomic E-state index is -0.539. The molecule has 50 heavy (non-hydrogen) atoms. The number of benzene rings is 1. The number of fused-ring (bicyclic) bond motifs is 2. The first-order valence-electron chi connectivity index (χ1n) is 17.8. The van der Waals surface area contributed by atoms with Gasteiger partial charge in [0.2, 0.25) is 0 Å². The van der Waals surface area contributed by atoms with Gasteiger partial charge in [-0.15, -0.1) is 0 Å². The topological polar surface area (TPSA) is 115 Å². The zero-order chi connectivity index (χ0) is 34.5. The third-order valence-corrected chi connectivity index (χ3v) is 11.0. The van der Waals surface area contributed by atoms with Crippen LogP contribution < -0.4 is 26.0 Å². The Hall–Kier alpha value is -4.52. The molecule has 1 aliphatic carbocycles. The summed E-state index contributed by atoms with van der Waals surface area (Å²) < 4.78 is 22.3. The van der Waals surface area contributed by atoms with Gasteiger partial charge in [0, 0.05) is 56.6 Å². The van der Waals surface area contributed by atoms with E-state index >= 15 is 4.39 Å². The zero-order valence-corrected chi connectivity index (χ0v) is 28.6. The van der Waals surface area contributed by atoms with Crippen LogP contribution in [0.2, 0.25) is 0 Å². The molecule has 1 amide bonds. The molecule has 2 fully saturated rings. The predicted molar refractivity (Wildman–Crippen MR) is 191 cm³/mol. The number of ether oxygens (including phenoxy) is 1. The Kier molecular flexibility index (Phi) is 8.70. The summed E-state index contributed by atoms with van der Waals surface area (Å²) in [5, 5.41) is 17.3. The third kappa shape index (κ3) is 5.78. The quantitative estimate of drug-likeness (QED) is 0.322. The number of rotatable bonds is 8. The maximum Gasteiger partial charge on any atom is 0.274 e. The fourth-order valence-corrected chi connectivity index (χ4v) is 8.25. The van der Waals surface area contributed by atoms with E-state index in [0.717, 1.165) is 69.8 Å². The van der Waals surface area contributed by atoms with Crippen molar-refractivity contribution < 1.29 is 19.0 Å². The summed E-state index contributed by atoms with van der Waals surface area (Å²) in [6.45, 7) is 6.68. The molecule has 2 saturated heterocycles. The number of carbonyl (C=O) groups is 1. The third-order valence-electron chi connectivity index (χ3n) is 11.0. The van der Waals surface area contributed by atoms with Gasteiger partial charge in [-0.05, 0) is 79.1 Å². The minimum Gasteiger partial charge on any atom is -0.392 e. The van der Waals surface area contributed by atoms with E-state index in [-0.39, 0.29) is 23.2 Å². The van der Waals surface area contributed by atoms with Gasteiger partial charge in [0.25, 0.3) is 11.5 Å². The van der Waals surface area contributed by atoms with E-state index in [0.29, 0.717) is 58.9 Å². The normalized spacial score (nSPS) is 22.6. The van der Waals surface area contributed by atoms with E-state index in [4.69, 9.17) is 4.74 Å². The summed E-state index contributed by atoms with van der Waals surface area (Å²) >= 11 is 0. The van der Waals surface area contributed by atoms with Crippen LogP contribution >= 0.6 is 0 Å². The SMILES string of the molecule is CCC1CN(C2COC2)CCN1c1ccc(Nc2cc(-c3cc(F)cc(N4CCC5=C(N[C@H]6CCCC=C56)C4=O)c3CO)cn(C)c2=O)nc1. The van der Waals surface area contributed by atoms with E-state index in [1.165, 1.54) is 22.3 Å². The van der Waals surface area contributed by atoms with Crippen molar-refractivity contribution in [1.82, 2.24) is 19.8 Å². The van der Waals surface area contributed by atoms with E-state index in [9.17, 15) is 14.7 Å². The zero-order valence-electron chi connectivity index (χ0n) is 28.6. The number of allylic oxidation sites excluding steroid dienone is 1. The highest BCUT2D eigenvalue weighted by Gasteiger charge is 2.39. The van der Waals surface area contributed by atoms with Gasteiger partial charge in [0.15, 0.2) is 0 Å². The van der Waals surface area contributed by atoms with E-state index < -0.39 is 12.4 Å². The molecule has 12 heteroatoms. The van der Waals surface area contributed by atoms with Crippen molar-refractivity contribution >= 4 is 28.8 Å². The minimum absolute atomic E-state index is 0.150. The lowest BCUT2D eigenvalue weighted by atomic mass is 9.89.